The van der Waals surface area contributed by atoms with Crippen LogP contribution in [0.2, 0.25) is 5.15 Å². The van der Waals surface area contributed by atoms with Crippen LogP contribution in [0.4, 0.5) is 0 Å². The Kier molecular flexibility index (Phi) is 4.36. The maximum absolute atomic E-state index is 6.06. The van der Waals surface area contributed by atoms with Gasteiger partial charge < -0.3 is 0 Å². The summed E-state index contributed by atoms with van der Waals surface area (Å²) < 4.78 is 1.01. The Hall–Kier alpha value is -0.930. The molecule has 94 valence electrons. The first-order chi connectivity index (χ1) is 8.54. The molecule has 0 fully saturated rings. The van der Waals surface area contributed by atoms with Gasteiger partial charge in [-0.1, -0.05) is 53.5 Å². The molecule has 0 aliphatic heterocycles. The van der Waals surface area contributed by atoms with E-state index in [1.54, 1.807) is 0 Å². The van der Waals surface area contributed by atoms with Gasteiger partial charge in [0.2, 0.25) is 0 Å². The Morgan fingerprint density at radius 1 is 1.22 bits per heavy atom. The zero-order chi connectivity index (χ0) is 13.1. The average molecular weight is 326 g/mol. The van der Waals surface area contributed by atoms with E-state index >= 15 is 0 Å². The van der Waals surface area contributed by atoms with Crippen LogP contribution in [0.5, 0.6) is 0 Å². The second-order valence-corrected chi connectivity index (χ2v) is 5.92. The summed E-state index contributed by atoms with van der Waals surface area (Å²) in [6.07, 6.45) is 0.906. The lowest BCUT2D eigenvalue weighted by Crippen LogP contribution is -2.00. The van der Waals surface area contributed by atoms with Gasteiger partial charge in [-0.15, -0.1) is 0 Å². The summed E-state index contributed by atoms with van der Waals surface area (Å²) >= 11 is 9.51. The first-order valence-corrected chi connectivity index (χ1v) is 7.01. The van der Waals surface area contributed by atoms with Crippen molar-refractivity contribution in [3.8, 4) is 11.4 Å². The Morgan fingerprint density at radius 2 is 2.00 bits per heavy atom. The Bertz CT molecular complexity index is 555. The normalized spacial score (nSPS) is 10.9. The molecule has 1 aromatic heterocycles. The molecule has 0 amide bonds. The van der Waals surface area contributed by atoms with E-state index in [0.29, 0.717) is 16.9 Å². The lowest BCUT2D eigenvalue weighted by Gasteiger charge is -2.07. The fraction of sp³-hybridized carbons (Fsp3) is 0.286. The molecule has 0 saturated heterocycles. The molecule has 2 rings (SSSR count). The predicted octanol–water partition coefficient (Wildman–Crippen LogP) is 4.76. The molecule has 4 heteroatoms. The Labute approximate surface area is 121 Å². The fourth-order valence-corrected chi connectivity index (χ4v) is 2.35. The van der Waals surface area contributed by atoms with Crippen molar-refractivity contribution in [3.05, 3.63) is 45.7 Å². The first kappa shape index (κ1) is 13.5. The summed E-state index contributed by atoms with van der Waals surface area (Å²) in [7, 11) is 0. The van der Waals surface area contributed by atoms with Crippen molar-refractivity contribution in [2.75, 3.05) is 0 Å². The molecule has 0 N–H and O–H groups in total. The maximum Gasteiger partial charge on any atom is 0.161 e. The highest BCUT2D eigenvalue weighted by molar-refractivity contribution is 9.10. The van der Waals surface area contributed by atoms with E-state index in [1.807, 2.05) is 30.3 Å². The molecule has 0 saturated carbocycles. The average Bonchev–Trinajstić information content (AvgIpc) is 2.27. The Balaban J connectivity index is 2.41. The van der Waals surface area contributed by atoms with Crippen LogP contribution in [0.1, 0.15) is 19.5 Å². The molecule has 0 aliphatic rings. The third-order valence-corrected chi connectivity index (χ3v) is 3.14. The fourth-order valence-electron chi connectivity index (χ4n) is 1.74. The monoisotopic (exact) mass is 324 g/mol. The molecule has 1 heterocycles. The summed E-state index contributed by atoms with van der Waals surface area (Å²) in [5, 5.41) is 0.496. The molecule has 2 aromatic rings. The van der Waals surface area contributed by atoms with Crippen LogP contribution in [0.15, 0.2) is 34.8 Å². The van der Waals surface area contributed by atoms with E-state index in [0.717, 1.165) is 22.2 Å². The van der Waals surface area contributed by atoms with Gasteiger partial charge in [0.1, 0.15) is 5.15 Å². The SMILES string of the molecule is CC(C)Cc1cc(Cl)nc(-c2cccc(Br)c2)n1. The van der Waals surface area contributed by atoms with Crippen molar-refractivity contribution in [1.82, 2.24) is 9.97 Å². The lowest BCUT2D eigenvalue weighted by atomic mass is 10.1. The highest BCUT2D eigenvalue weighted by Crippen LogP contribution is 2.22. The largest absolute Gasteiger partial charge is 0.233 e. The lowest BCUT2D eigenvalue weighted by molar-refractivity contribution is 0.634. The van der Waals surface area contributed by atoms with Crippen LogP contribution < -0.4 is 0 Å². The van der Waals surface area contributed by atoms with Crippen LogP contribution in [0.25, 0.3) is 11.4 Å². The zero-order valence-electron chi connectivity index (χ0n) is 10.3. The number of rotatable bonds is 3. The minimum atomic E-state index is 0.496. The summed E-state index contributed by atoms with van der Waals surface area (Å²) in [6.45, 7) is 4.32. The van der Waals surface area contributed by atoms with Gasteiger partial charge in [-0.2, -0.15) is 0 Å². The number of hydrogen-bond donors (Lipinski definition) is 0. The predicted molar refractivity (Wildman–Crippen MR) is 78.7 cm³/mol. The van der Waals surface area contributed by atoms with Crippen LogP contribution >= 0.6 is 27.5 Å². The smallest absolute Gasteiger partial charge is 0.161 e. The van der Waals surface area contributed by atoms with E-state index < -0.39 is 0 Å². The van der Waals surface area contributed by atoms with Crippen LogP contribution in [0, 0.1) is 5.92 Å². The third kappa shape index (κ3) is 3.53. The van der Waals surface area contributed by atoms with Crippen molar-refractivity contribution in [2.24, 2.45) is 5.92 Å². The summed E-state index contributed by atoms with van der Waals surface area (Å²) in [4.78, 5) is 8.85. The molecule has 0 unspecified atom stereocenters. The van der Waals surface area contributed by atoms with E-state index in [1.165, 1.54) is 0 Å². The van der Waals surface area contributed by atoms with Crippen LogP contribution in [-0.2, 0) is 6.42 Å². The standard InChI is InChI=1S/C14H14BrClN2/c1-9(2)6-12-8-13(16)18-14(17-12)10-4-3-5-11(15)7-10/h3-5,7-9H,6H2,1-2H3. The second kappa shape index (κ2) is 5.81. The summed E-state index contributed by atoms with van der Waals surface area (Å²) in [5.74, 6) is 1.23. The van der Waals surface area contributed by atoms with Crippen molar-refractivity contribution >= 4 is 27.5 Å². The molecule has 0 radical (unpaired) electrons. The highest BCUT2D eigenvalue weighted by Gasteiger charge is 2.07. The molecular formula is C14H14BrClN2. The van der Waals surface area contributed by atoms with Gasteiger partial charge in [0.05, 0.1) is 0 Å². The number of nitrogens with zero attached hydrogens (tertiary/aromatic N) is 2. The van der Waals surface area contributed by atoms with E-state index in [2.05, 4.69) is 39.7 Å². The number of aromatic nitrogens is 2. The van der Waals surface area contributed by atoms with Gasteiger partial charge in [-0.25, -0.2) is 9.97 Å². The van der Waals surface area contributed by atoms with Gasteiger partial charge in [-0.05, 0) is 30.5 Å². The quantitative estimate of drug-likeness (QED) is 0.760. The van der Waals surface area contributed by atoms with Crippen LogP contribution in [-0.4, -0.2) is 9.97 Å². The van der Waals surface area contributed by atoms with E-state index in [-0.39, 0.29) is 0 Å². The van der Waals surface area contributed by atoms with Crippen molar-refractivity contribution in [1.29, 1.82) is 0 Å². The van der Waals surface area contributed by atoms with Gasteiger partial charge in [0, 0.05) is 15.7 Å². The molecule has 0 spiro atoms. The third-order valence-electron chi connectivity index (χ3n) is 2.45. The maximum atomic E-state index is 6.06. The summed E-state index contributed by atoms with van der Waals surface area (Å²) in [6, 6.07) is 9.75. The van der Waals surface area contributed by atoms with Gasteiger partial charge in [0.15, 0.2) is 5.82 Å². The molecule has 0 atom stereocenters. The number of benzene rings is 1. The van der Waals surface area contributed by atoms with Gasteiger partial charge in [0.25, 0.3) is 0 Å². The molecule has 0 bridgehead atoms. The van der Waals surface area contributed by atoms with Gasteiger partial charge >= 0.3 is 0 Å². The van der Waals surface area contributed by atoms with Gasteiger partial charge in [-0.3, -0.25) is 0 Å². The minimum absolute atomic E-state index is 0.496. The molecule has 18 heavy (non-hydrogen) atoms. The topological polar surface area (TPSA) is 25.8 Å². The van der Waals surface area contributed by atoms with Crippen molar-refractivity contribution < 1.29 is 0 Å². The molecule has 2 nitrogen and oxygen atoms in total. The second-order valence-electron chi connectivity index (χ2n) is 4.61. The van der Waals surface area contributed by atoms with Crippen LogP contribution in [0.3, 0.4) is 0 Å². The first-order valence-electron chi connectivity index (χ1n) is 5.84. The highest BCUT2D eigenvalue weighted by atomic mass is 79.9. The van der Waals surface area contributed by atoms with E-state index in [9.17, 15) is 0 Å². The molecular weight excluding hydrogens is 312 g/mol. The molecule has 1 aromatic carbocycles. The molecule has 0 aliphatic carbocycles. The van der Waals surface area contributed by atoms with E-state index in [4.69, 9.17) is 11.6 Å². The number of hydrogen-bond acceptors (Lipinski definition) is 2. The number of halogens is 2. The summed E-state index contributed by atoms with van der Waals surface area (Å²) in [5.41, 5.74) is 1.96. The zero-order valence-corrected chi connectivity index (χ0v) is 12.7. The minimum Gasteiger partial charge on any atom is -0.233 e. The Morgan fingerprint density at radius 3 is 2.67 bits per heavy atom. The van der Waals surface area contributed by atoms with Crippen molar-refractivity contribution in [2.45, 2.75) is 20.3 Å². The van der Waals surface area contributed by atoms with Crippen molar-refractivity contribution in [3.63, 3.8) is 0 Å².